The van der Waals surface area contributed by atoms with Gasteiger partial charge in [-0.05, 0) is 24.1 Å². The van der Waals surface area contributed by atoms with E-state index in [0.717, 1.165) is 22.4 Å². The lowest BCUT2D eigenvalue weighted by atomic mass is 10.00. The topological polar surface area (TPSA) is 69.4 Å². The van der Waals surface area contributed by atoms with Crippen molar-refractivity contribution in [2.24, 2.45) is 5.73 Å². The molecule has 0 aliphatic carbocycles. The fourth-order valence-electron chi connectivity index (χ4n) is 2.26. The minimum absolute atomic E-state index is 0.124. The van der Waals surface area contributed by atoms with Gasteiger partial charge in [-0.15, -0.1) is 0 Å². The van der Waals surface area contributed by atoms with Gasteiger partial charge in [0.15, 0.2) is 0 Å². The van der Waals surface area contributed by atoms with Crippen LogP contribution in [0.3, 0.4) is 0 Å². The maximum Gasteiger partial charge on any atom is 0.230 e. The zero-order valence-electron chi connectivity index (χ0n) is 12.5. The zero-order chi connectivity index (χ0) is 15.9. The highest BCUT2D eigenvalue weighted by Gasteiger charge is 2.13. The van der Waals surface area contributed by atoms with Crippen LogP contribution in [0.4, 0.5) is 0 Å². The van der Waals surface area contributed by atoms with Gasteiger partial charge in [0.1, 0.15) is 11.5 Å². The quantitative estimate of drug-likeness (QED) is 0.853. The molecule has 0 aliphatic heterocycles. The Labute approximate surface area is 132 Å². The van der Waals surface area contributed by atoms with E-state index in [2.05, 4.69) is 0 Å². The summed E-state index contributed by atoms with van der Waals surface area (Å²) in [5.74, 6) is 0.407. The molecule has 0 aliphatic rings. The molecule has 0 saturated carbocycles. The Hall–Kier alpha value is -2.14. The van der Waals surface area contributed by atoms with Crippen molar-refractivity contribution in [3.63, 3.8) is 0 Å². The summed E-state index contributed by atoms with van der Waals surface area (Å²) in [6, 6.07) is 15.4. The Morgan fingerprint density at radius 3 is 2.41 bits per heavy atom. The van der Waals surface area contributed by atoms with E-state index in [1.165, 1.54) is 0 Å². The molecule has 0 fully saturated rings. The number of nitrogens with two attached hydrogens (primary N) is 1. The summed E-state index contributed by atoms with van der Waals surface area (Å²) in [6.45, 7) is 2.51. The van der Waals surface area contributed by atoms with Crippen LogP contribution >= 0.6 is 0 Å². The molecular formula is C17H19NO3S. The number of carbonyl (C=O) groups excluding carboxylic acids is 1. The van der Waals surface area contributed by atoms with Gasteiger partial charge in [-0.2, -0.15) is 0 Å². The van der Waals surface area contributed by atoms with Crippen LogP contribution in [0.1, 0.15) is 12.5 Å². The molecule has 1 atom stereocenters. The predicted octanol–water partition coefficient (Wildman–Crippen LogP) is 2.49. The Balaban J connectivity index is 2.36. The van der Waals surface area contributed by atoms with Crippen molar-refractivity contribution < 1.29 is 13.7 Å². The smallest absolute Gasteiger partial charge is 0.230 e. The van der Waals surface area contributed by atoms with Crippen LogP contribution in [-0.4, -0.2) is 22.5 Å². The van der Waals surface area contributed by atoms with Crippen LogP contribution in [0.2, 0.25) is 0 Å². The van der Waals surface area contributed by atoms with E-state index in [1.54, 1.807) is 0 Å². The normalized spacial score (nSPS) is 11.9. The molecule has 4 nitrogen and oxygen atoms in total. The molecular weight excluding hydrogens is 298 g/mol. The van der Waals surface area contributed by atoms with Crippen LogP contribution in [0.15, 0.2) is 48.5 Å². The average molecular weight is 317 g/mol. The predicted molar refractivity (Wildman–Crippen MR) is 89.0 cm³/mol. The highest BCUT2D eigenvalue weighted by Crippen LogP contribution is 2.32. The van der Waals surface area contributed by atoms with Gasteiger partial charge in [0.2, 0.25) is 5.91 Å². The molecule has 5 heteroatoms. The third-order valence-corrected chi connectivity index (χ3v) is 4.35. The van der Waals surface area contributed by atoms with Crippen molar-refractivity contribution in [3.8, 4) is 16.9 Å². The van der Waals surface area contributed by atoms with Crippen LogP contribution in [0, 0.1) is 0 Å². The molecule has 0 spiro atoms. The van der Waals surface area contributed by atoms with Crippen molar-refractivity contribution in [3.05, 3.63) is 54.1 Å². The fraction of sp³-hybridized carbons (Fsp3) is 0.235. The molecule has 2 aromatic carbocycles. The summed E-state index contributed by atoms with van der Waals surface area (Å²) in [5.41, 5.74) is 7.94. The van der Waals surface area contributed by atoms with Crippen molar-refractivity contribution in [2.45, 2.75) is 12.7 Å². The maximum absolute atomic E-state index is 12.0. The Kier molecular flexibility index (Phi) is 5.72. The van der Waals surface area contributed by atoms with E-state index in [1.807, 2.05) is 55.5 Å². The highest BCUT2D eigenvalue weighted by molar-refractivity contribution is 7.84. The minimum Gasteiger partial charge on any atom is -0.493 e. The molecule has 2 N–H and O–H groups in total. The number of primary amides is 1. The van der Waals surface area contributed by atoms with E-state index < -0.39 is 16.7 Å². The molecule has 0 bridgehead atoms. The summed E-state index contributed by atoms with van der Waals surface area (Å²) in [4.78, 5) is 10.9. The van der Waals surface area contributed by atoms with Crippen molar-refractivity contribution in [1.29, 1.82) is 0 Å². The Morgan fingerprint density at radius 2 is 1.73 bits per heavy atom. The summed E-state index contributed by atoms with van der Waals surface area (Å²) >= 11 is 0. The van der Waals surface area contributed by atoms with Crippen molar-refractivity contribution in [1.82, 2.24) is 0 Å². The summed E-state index contributed by atoms with van der Waals surface area (Å²) in [5, 5.41) is 0. The molecule has 0 radical (unpaired) electrons. The number of ether oxygens (including phenoxy) is 1. The SMILES string of the molecule is CCOc1ccccc1-c1ccccc1C[S@](=O)CC(N)=O. The zero-order valence-corrected chi connectivity index (χ0v) is 13.3. The molecule has 22 heavy (non-hydrogen) atoms. The average Bonchev–Trinajstić information content (AvgIpc) is 2.48. The molecule has 0 unspecified atom stereocenters. The number of amides is 1. The molecule has 2 rings (SSSR count). The van der Waals surface area contributed by atoms with E-state index >= 15 is 0 Å². The van der Waals surface area contributed by atoms with Gasteiger partial charge in [-0.3, -0.25) is 9.00 Å². The number of hydrogen-bond acceptors (Lipinski definition) is 3. The molecule has 0 saturated heterocycles. The summed E-state index contributed by atoms with van der Waals surface area (Å²) < 4.78 is 17.7. The van der Waals surface area contributed by atoms with Crippen LogP contribution < -0.4 is 10.5 Å². The molecule has 0 heterocycles. The lowest BCUT2D eigenvalue weighted by molar-refractivity contribution is -0.115. The van der Waals surface area contributed by atoms with Gasteiger partial charge in [0.05, 0.1) is 6.61 Å². The third-order valence-electron chi connectivity index (χ3n) is 3.11. The second-order valence-corrected chi connectivity index (χ2v) is 6.24. The summed E-state index contributed by atoms with van der Waals surface area (Å²) in [6.07, 6.45) is 0. The second kappa shape index (κ2) is 7.75. The number of para-hydroxylation sites is 1. The first-order valence-corrected chi connectivity index (χ1v) is 8.54. The van der Waals surface area contributed by atoms with E-state index in [0.29, 0.717) is 12.4 Å². The van der Waals surface area contributed by atoms with E-state index in [-0.39, 0.29) is 5.75 Å². The lowest BCUT2D eigenvalue weighted by Crippen LogP contribution is -2.20. The highest BCUT2D eigenvalue weighted by atomic mass is 32.2. The van der Waals surface area contributed by atoms with Gasteiger partial charge >= 0.3 is 0 Å². The molecule has 1 amide bonds. The van der Waals surface area contributed by atoms with Gasteiger partial charge in [0, 0.05) is 22.1 Å². The van der Waals surface area contributed by atoms with Gasteiger partial charge in [-0.25, -0.2) is 0 Å². The van der Waals surface area contributed by atoms with Crippen molar-refractivity contribution in [2.75, 3.05) is 12.4 Å². The molecule has 0 aromatic heterocycles. The standard InChI is InChI=1S/C17H19NO3S/c1-2-21-16-10-6-5-9-15(16)14-8-4-3-7-13(14)11-22(20)12-17(18)19/h3-10H,2,11-12H2,1H3,(H2,18,19)/t22-/m0/s1. The number of hydrogen-bond donors (Lipinski definition) is 1. The third kappa shape index (κ3) is 4.18. The first kappa shape index (κ1) is 16.2. The monoisotopic (exact) mass is 317 g/mol. The second-order valence-electron chi connectivity index (χ2n) is 4.78. The fourth-order valence-corrected chi connectivity index (χ4v) is 3.28. The van der Waals surface area contributed by atoms with Gasteiger partial charge < -0.3 is 10.5 Å². The molecule has 2 aromatic rings. The van der Waals surface area contributed by atoms with Crippen LogP contribution in [0.5, 0.6) is 5.75 Å². The summed E-state index contributed by atoms with van der Waals surface area (Å²) in [7, 11) is -1.31. The Morgan fingerprint density at radius 1 is 1.09 bits per heavy atom. The van der Waals surface area contributed by atoms with E-state index in [9.17, 15) is 9.00 Å². The van der Waals surface area contributed by atoms with Gasteiger partial charge in [-0.1, -0.05) is 42.5 Å². The lowest BCUT2D eigenvalue weighted by Gasteiger charge is -2.13. The molecule has 116 valence electrons. The number of benzene rings is 2. The van der Waals surface area contributed by atoms with Crippen LogP contribution in [0.25, 0.3) is 11.1 Å². The maximum atomic E-state index is 12.0. The Bertz CT molecular complexity index is 685. The number of carbonyl (C=O) groups is 1. The van der Waals surface area contributed by atoms with Crippen LogP contribution in [-0.2, 0) is 21.3 Å². The largest absolute Gasteiger partial charge is 0.493 e. The van der Waals surface area contributed by atoms with Crippen molar-refractivity contribution >= 4 is 16.7 Å². The minimum atomic E-state index is -1.31. The number of rotatable bonds is 7. The van der Waals surface area contributed by atoms with E-state index in [4.69, 9.17) is 10.5 Å². The van der Waals surface area contributed by atoms with Gasteiger partial charge in [0.25, 0.3) is 0 Å². The first-order valence-electron chi connectivity index (χ1n) is 7.05. The first-order chi connectivity index (χ1) is 10.6.